The SMILES string of the molecule is C[C@@]12CCC[C@H]1[C@@H]1CC[C@]3(C=CC=CC=NOCCNC(=N)N)C[C@@H](O)CC[C@]3(C)[C@H]1CC2. The molecule has 6 heteroatoms. The Hall–Kier alpha value is -1.82. The topological polar surface area (TPSA) is 104 Å². The van der Waals surface area contributed by atoms with Gasteiger partial charge in [0.25, 0.3) is 0 Å². The molecular weight excluding hydrogens is 412 g/mol. The molecule has 0 aromatic rings. The summed E-state index contributed by atoms with van der Waals surface area (Å²) in [5.74, 6) is 2.53. The van der Waals surface area contributed by atoms with Gasteiger partial charge in [0.05, 0.1) is 18.9 Å². The molecule has 0 unspecified atom stereocenters. The minimum Gasteiger partial charge on any atom is -0.394 e. The Balaban J connectivity index is 1.42. The summed E-state index contributed by atoms with van der Waals surface area (Å²) in [6.45, 7) is 5.96. The lowest BCUT2D eigenvalue weighted by atomic mass is 9.40. The Labute approximate surface area is 199 Å². The van der Waals surface area contributed by atoms with Crippen LogP contribution in [0.15, 0.2) is 29.5 Å². The molecule has 0 spiro atoms. The highest BCUT2D eigenvalue weighted by molar-refractivity contribution is 5.74. The zero-order chi connectivity index (χ0) is 23.5. The molecule has 4 aliphatic carbocycles. The lowest BCUT2D eigenvalue weighted by molar-refractivity contribution is -0.153. The zero-order valence-electron chi connectivity index (χ0n) is 20.6. The molecule has 0 saturated heterocycles. The van der Waals surface area contributed by atoms with E-state index in [0.29, 0.717) is 18.6 Å². The van der Waals surface area contributed by atoms with E-state index in [1.54, 1.807) is 6.21 Å². The Morgan fingerprint density at radius 3 is 2.76 bits per heavy atom. The number of nitrogens with one attached hydrogen (secondary N) is 2. The summed E-state index contributed by atoms with van der Waals surface area (Å²) in [7, 11) is 0. The number of rotatable bonds is 7. The van der Waals surface area contributed by atoms with Crippen molar-refractivity contribution in [3.05, 3.63) is 24.3 Å². The van der Waals surface area contributed by atoms with Crippen LogP contribution in [-0.2, 0) is 4.84 Å². The van der Waals surface area contributed by atoms with E-state index in [9.17, 15) is 5.11 Å². The van der Waals surface area contributed by atoms with Crippen LogP contribution in [0.2, 0.25) is 0 Å². The number of hydrogen-bond acceptors (Lipinski definition) is 4. The lowest BCUT2D eigenvalue weighted by Crippen LogP contribution is -2.58. The number of aliphatic hydroxyl groups excluding tert-OH is 1. The molecular formula is C27H44N4O2. The van der Waals surface area contributed by atoms with E-state index in [4.69, 9.17) is 16.0 Å². The van der Waals surface area contributed by atoms with E-state index in [0.717, 1.165) is 37.0 Å². The third-order valence-electron chi connectivity index (χ3n) is 10.1. The van der Waals surface area contributed by atoms with E-state index in [1.165, 1.54) is 44.9 Å². The molecule has 0 heterocycles. The summed E-state index contributed by atoms with van der Waals surface area (Å²) in [5, 5.41) is 24.4. The molecule has 184 valence electrons. The number of nitrogens with two attached hydrogens (primary N) is 1. The smallest absolute Gasteiger partial charge is 0.185 e. The van der Waals surface area contributed by atoms with Gasteiger partial charge in [0, 0.05) is 0 Å². The van der Waals surface area contributed by atoms with E-state index in [1.807, 2.05) is 12.2 Å². The van der Waals surface area contributed by atoms with Gasteiger partial charge in [0.15, 0.2) is 5.96 Å². The van der Waals surface area contributed by atoms with Crippen molar-refractivity contribution in [3.63, 3.8) is 0 Å². The second kappa shape index (κ2) is 9.81. The van der Waals surface area contributed by atoms with Gasteiger partial charge in [-0.25, -0.2) is 0 Å². The fourth-order valence-corrected chi connectivity index (χ4v) is 8.37. The van der Waals surface area contributed by atoms with Gasteiger partial charge >= 0.3 is 0 Å². The monoisotopic (exact) mass is 456 g/mol. The van der Waals surface area contributed by atoms with E-state index in [2.05, 4.69) is 36.5 Å². The molecule has 4 aliphatic rings. The predicted molar refractivity (Wildman–Crippen MR) is 134 cm³/mol. The van der Waals surface area contributed by atoms with Crippen LogP contribution >= 0.6 is 0 Å². The Kier molecular flexibility index (Phi) is 7.23. The average Bonchev–Trinajstić information content (AvgIpc) is 3.17. The number of allylic oxidation sites excluding steroid dienone is 4. The van der Waals surface area contributed by atoms with Crippen LogP contribution in [0.4, 0.5) is 0 Å². The maximum absolute atomic E-state index is 10.7. The maximum Gasteiger partial charge on any atom is 0.185 e. The highest BCUT2D eigenvalue weighted by Crippen LogP contribution is 2.70. The van der Waals surface area contributed by atoms with Gasteiger partial charge in [-0.15, -0.1) is 0 Å². The van der Waals surface area contributed by atoms with Crippen molar-refractivity contribution in [1.82, 2.24) is 5.32 Å². The van der Waals surface area contributed by atoms with Crippen molar-refractivity contribution in [2.45, 2.75) is 84.2 Å². The van der Waals surface area contributed by atoms with Crippen LogP contribution in [0.1, 0.15) is 78.1 Å². The first-order chi connectivity index (χ1) is 15.8. The Bertz CT molecular complexity index is 795. The highest BCUT2D eigenvalue weighted by atomic mass is 16.6. The maximum atomic E-state index is 10.7. The number of nitrogens with zero attached hydrogens (tertiary/aromatic N) is 1. The first-order valence-corrected chi connectivity index (χ1v) is 13.1. The molecule has 7 atom stereocenters. The molecule has 4 fully saturated rings. The molecule has 0 radical (unpaired) electrons. The van der Waals surface area contributed by atoms with Crippen LogP contribution in [0.3, 0.4) is 0 Å². The standard InChI is InChI=1S/C27H44N4O2/c1-25-11-6-7-22(25)21-9-15-27(12-4-3-5-16-31-33-18-17-30-24(28)29)19-20(32)8-14-26(27,2)23(21)10-13-25/h3-5,12,16,20-23,32H,6-11,13-15,17-19H2,1-2H3,(H4,28,29,30)/t20-,21-,22-,23-,25-,26+,27+/m0/s1. The molecule has 0 aliphatic heterocycles. The number of hydrogen-bond donors (Lipinski definition) is 4. The van der Waals surface area contributed by atoms with Gasteiger partial charge in [0.1, 0.15) is 6.61 Å². The lowest BCUT2D eigenvalue weighted by Gasteiger charge is -2.65. The Morgan fingerprint density at radius 2 is 1.94 bits per heavy atom. The van der Waals surface area contributed by atoms with Crippen molar-refractivity contribution in [1.29, 1.82) is 5.41 Å². The molecule has 6 nitrogen and oxygen atoms in total. The third kappa shape index (κ3) is 4.73. The predicted octanol–water partition coefficient (Wildman–Crippen LogP) is 4.75. The van der Waals surface area contributed by atoms with Crippen LogP contribution in [-0.4, -0.2) is 36.5 Å². The molecule has 0 bridgehead atoms. The average molecular weight is 457 g/mol. The summed E-state index contributed by atoms with van der Waals surface area (Å²) in [5.41, 5.74) is 6.19. The van der Waals surface area contributed by atoms with Crippen molar-refractivity contribution in [3.8, 4) is 0 Å². The van der Waals surface area contributed by atoms with Gasteiger partial charge in [-0.3, -0.25) is 5.41 Å². The summed E-state index contributed by atoms with van der Waals surface area (Å²) in [6, 6.07) is 0. The van der Waals surface area contributed by atoms with Crippen molar-refractivity contribution < 1.29 is 9.94 Å². The summed E-state index contributed by atoms with van der Waals surface area (Å²) >= 11 is 0. The molecule has 33 heavy (non-hydrogen) atoms. The van der Waals surface area contributed by atoms with E-state index in [-0.39, 0.29) is 22.9 Å². The van der Waals surface area contributed by atoms with Gasteiger partial charge in [-0.1, -0.05) is 43.7 Å². The normalized spacial score (nSPS) is 42.9. The van der Waals surface area contributed by atoms with E-state index < -0.39 is 0 Å². The summed E-state index contributed by atoms with van der Waals surface area (Å²) in [4.78, 5) is 5.14. The minimum absolute atomic E-state index is 0.0636. The molecule has 0 aromatic heterocycles. The number of aliphatic hydroxyl groups is 1. The van der Waals surface area contributed by atoms with Gasteiger partial charge in [-0.2, -0.15) is 0 Å². The number of guanidine groups is 1. The Morgan fingerprint density at radius 1 is 1.09 bits per heavy atom. The summed E-state index contributed by atoms with van der Waals surface area (Å²) < 4.78 is 0. The van der Waals surface area contributed by atoms with Crippen molar-refractivity contribution in [2.24, 2.45) is 44.9 Å². The molecule has 5 N–H and O–H groups in total. The van der Waals surface area contributed by atoms with Crippen LogP contribution in [0.25, 0.3) is 0 Å². The molecule has 0 amide bonds. The van der Waals surface area contributed by atoms with Gasteiger partial charge < -0.3 is 21.0 Å². The van der Waals surface area contributed by atoms with E-state index >= 15 is 0 Å². The second-order valence-electron chi connectivity index (χ2n) is 11.6. The van der Waals surface area contributed by atoms with Crippen LogP contribution < -0.4 is 11.1 Å². The largest absolute Gasteiger partial charge is 0.394 e. The second-order valence-corrected chi connectivity index (χ2v) is 11.6. The summed E-state index contributed by atoms with van der Waals surface area (Å²) in [6.07, 6.45) is 22.6. The molecule has 4 saturated carbocycles. The first-order valence-electron chi connectivity index (χ1n) is 13.1. The van der Waals surface area contributed by atoms with Gasteiger partial charge in [-0.05, 0) is 97.9 Å². The number of oxime groups is 1. The van der Waals surface area contributed by atoms with Crippen molar-refractivity contribution >= 4 is 12.2 Å². The van der Waals surface area contributed by atoms with Crippen LogP contribution in [0.5, 0.6) is 0 Å². The first kappa shape index (κ1) is 24.3. The van der Waals surface area contributed by atoms with Crippen molar-refractivity contribution in [2.75, 3.05) is 13.2 Å². The zero-order valence-corrected chi connectivity index (χ0v) is 20.6. The minimum atomic E-state index is -0.179. The quantitative estimate of drug-likeness (QED) is 0.146. The number of fused-ring (bicyclic) bond motifs is 5. The highest BCUT2D eigenvalue weighted by Gasteiger charge is 2.62. The fraction of sp³-hybridized carbons (Fsp3) is 0.778. The fourth-order valence-electron chi connectivity index (χ4n) is 8.37. The molecule has 0 aromatic carbocycles. The van der Waals surface area contributed by atoms with Gasteiger partial charge in [0.2, 0.25) is 0 Å². The van der Waals surface area contributed by atoms with Crippen LogP contribution in [0, 0.1) is 39.4 Å². The molecule has 4 rings (SSSR count). The third-order valence-corrected chi connectivity index (χ3v) is 10.1.